The van der Waals surface area contributed by atoms with Crippen LogP contribution in [-0.2, 0) is 7.05 Å². The van der Waals surface area contributed by atoms with Gasteiger partial charge in [-0.1, -0.05) is 18.2 Å². The number of hydrogen-bond donors (Lipinski definition) is 2. The lowest BCUT2D eigenvalue weighted by Gasteiger charge is -2.13. The SMILES string of the molecule is Cn1c(O)c(C=Cc2ccc[nH]2)c(=O)n(-c2ccccc2)c1=S. The third kappa shape index (κ3) is 2.76. The van der Waals surface area contributed by atoms with E-state index in [4.69, 9.17) is 12.2 Å². The Hall–Kier alpha value is -2.86. The molecule has 0 aliphatic rings. The van der Waals surface area contributed by atoms with Gasteiger partial charge in [0.15, 0.2) is 4.77 Å². The molecule has 0 saturated heterocycles. The number of aromatic hydroxyl groups is 1. The Balaban J connectivity index is 2.23. The summed E-state index contributed by atoms with van der Waals surface area (Å²) in [6, 6.07) is 12.8. The van der Waals surface area contributed by atoms with Gasteiger partial charge in [-0.05, 0) is 48.6 Å². The lowest BCUT2D eigenvalue weighted by Crippen LogP contribution is -2.25. The third-order valence-electron chi connectivity index (χ3n) is 3.54. The van der Waals surface area contributed by atoms with E-state index in [0.717, 1.165) is 5.69 Å². The van der Waals surface area contributed by atoms with Crippen molar-refractivity contribution in [2.24, 2.45) is 7.05 Å². The maximum atomic E-state index is 12.8. The molecular formula is C17H15N3O2S. The average Bonchev–Trinajstić information content (AvgIpc) is 3.07. The summed E-state index contributed by atoms with van der Waals surface area (Å²) >= 11 is 5.31. The quantitative estimate of drug-likeness (QED) is 0.727. The van der Waals surface area contributed by atoms with Gasteiger partial charge in [-0.3, -0.25) is 13.9 Å². The molecule has 116 valence electrons. The lowest BCUT2D eigenvalue weighted by atomic mass is 10.2. The molecule has 0 unspecified atom stereocenters. The summed E-state index contributed by atoms with van der Waals surface area (Å²) in [6.45, 7) is 0. The summed E-state index contributed by atoms with van der Waals surface area (Å²) in [6.07, 6.45) is 5.10. The maximum absolute atomic E-state index is 12.8. The number of hydrogen-bond acceptors (Lipinski definition) is 3. The molecule has 0 amide bonds. The molecule has 2 N–H and O–H groups in total. The number of aromatic nitrogens is 3. The van der Waals surface area contributed by atoms with E-state index < -0.39 is 0 Å². The summed E-state index contributed by atoms with van der Waals surface area (Å²) in [7, 11) is 1.63. The van der Waals surface area contributed by atoms with Crippen molar-refractivity contribution in [2.75, 3.05) is 0 Å². The first kappa shape index (κ1) is 15.1. The molecule has 0 radical (unpaired) electrons. The number of aromatic amines is 1. The van der Waals surface area contributed by atoms with Gasteiger partial charge in [0.2, 0.25) is 5.88 Å². The van der Waals surface area contributed by atoms with E-state index in [-0.39, 0.29) is 21.8 Å². The predicted octanol–water partition coefficient (Wildman–Crippen LogP) is 3.11. The first-order valence-electron chi connectivity index (χ1n) is 7.01. The molecule has 0 aliphatic heterocycles. The number of rotatable bonds is 3. The molecule has 0 saturated carbocycles. The largest absolute Gasteiger partial charge is 0.494 e. The highest BCUT2D eigenvalue weighted by Gasteiger charge is 2.13. The molecule has 6 heteroatoms. The second-order valence-corrected chi connectivity index (χ2v) is 5.38. The van der Waals surface area contributed by atoms with Crippen LogP contribution in [0, 0.1) is 4.77 Å². The van der Waals surface area contributed by atoms with Crippen molar-refractivity contribution in [3.8, 4) is 11.6 Å². The number of nitrogens with one attached hydrogen (secondary N) is 1. The molecular weight excluding hydrogens is 310 g/mol. The van der Waals surface area contributed by atoms with Crippen LogP contribution in [0.25, 0.3) is 17.8 Å². The van der Waals surface area contributed by atoms with E-state index in [0.29, 0.717) is 5.69 Å². The Kier molecular flexibility index (Phi) is 3.99. The van der Waals surface area contributed by atoms with Gasteiger partial charge < -0.3 is 10.1 Å². The van der Waals surface area contributed by atoms with E-state index >= 15 is 0 Å². The zero-order valence-corrected chi connectivity index (χ0v) is 13.2. The number of benzene rings is 1. The monoisotopic (exact) mass is 325 g/mol. The summed E-state index contributed by atoms with van der Waals surface area (Å²) in [5.41, 5.74) is 1.31. The van der Waals surface area contributed by atoms with Crippen LogP contribution < -0.4 is 5.56 Å². The third-order valence-corrected chi connectivity index (χ3v) is 3.99. The Morgan fingerprint density at radius 1 is 1.13 bits per heavy atom. The van der Waals surface area contributed by atoms with E-state index in [1.165, 1.54) is 9.13 Å². The van der Waals surface area contributed by atoms with Crippen LogP contribution in [0.2, 0.25) is 0 Å². The van der Waals surface area contributed by atoms with E-state index in [2.05, 4.69) is 4.98 Å². The van der Waals surface area contributed by atoms with Gasteiger partial charge in [0.05, 0.1) is 5.69 Å². The average molecular weight is 325 g/mol. The molecule has 2 aromatic heterocycles. The zero-order chi connectivity index (χ0) is 16.4. The fourth-order valence-corrected chi connectivity index (χ4v) is 2.57. The minimum Gasteiger partial charge on any atom is -0.494 e. The number of para-hydroxylation sites is 1. The van der Waals surface area contributed by atoms with Crippen molar-refractivity contribution in [2.45, 2.75) is 0 Å². The smallest absolute Gasteiger partial charge is 0.270 e. The molecule has 0 bridgehead atoms. The molecule has 5 nitrogen and oxygen atoms in total. The van der Waals surface area contributed by atoms with E-state index in [1.807, 2.05) is 30.3 Å². The van der Waals surface area contributed by atoms with Crippen molar-refractivity contribution < 1.29 is 5.11 Å². The van der Waals surface area contributed by atoms with Crippen molar-refractivity contribution in [1.82, 2.24) is 14.1 Å². The van der Waals surface area contributed by atoms with Gasteiger partial charge in [0.1, 0.15) is 5.56 Å². The fourth-order valence-electron chi connectivity index (χ4n) is 2.30. The Bertz CT molecular complexity index is 968. The van der Waals surface area contributed by atoms with Crippen molar-refractivity contribution in [3.05, 3.63) is 75.0 Å². The van der Waals surface area contributed by atoms with Gasteiger partial charge in [0.25, 0.3) is 5.56 Å². The molecule has 0 fully saturated rings. The molecule has 2 heterocycles. The van der Waals surface area contributed by atoms with Crippen LogP contribution in [0.5, 0.6) is 5.88 Å². The van der Waals surface area contributed by atoms with Crippen LogP contribution in [-0.4, -0.2) is 19.2 Å². The summed E-state index contributed by atoms with van der Waals surface area (Å²) in [5, 5.41) is 10.3. The molecule has 0 spiro atoms. The normalized spacial score (nSPS) is 11.2. The van der Waals surface area contributed by atoms with Crippen LogP contribution in [0.4, 0.5) is 0 Å². The summed E-state index contributed by atoms with van der Waals surface area (Å²) in [4.78, 5) is 15.8. The zero-order valence-electron chi connectivity index (χ0n) is 12.4. The Labute approximate surface area is 137 Å². The minimum absolute atomic E-state index is 0.157. The topological polar surface area (TPSA) is 63.0 Å². The first-order chi connectivity index (χ1) is 11.1. The number of H-pyrrole nitrogens is 1. The highest BCUT2D eigenvalue weighted by Crippen LogP contribution is 2.17. The summed E-state index contributed by atoms with van der Waals surface area (Å²) in [5.74, 6) is -0.157. The molecule has 3 rings (SSSR count). The van der Waals surface area contributed by atoms with Crippen LogP contribution in [0.1, 0.15) is 11.3 Å². The first-order valence-corrected chi connectivity index (χ1v) is 7.42. The van der Waals surface area contributed by atoms with Gasteiger partial charge in [0, 0.05) is 18.9 Å². The van der Waals surface area contributed by atoms with Crippen molar-refractivity contribution in [3.63, 3.8) is 0 Å². The Morgan fingerprint density at radius 3 is 2.52 bits per heavy atom. The van der Waals surface area contributed by atoms with E-state index in [9.17, 15) is 9.90 Å². The summed E-state index contributed by atoms with van der Waals surface area (Å²) < 4.78 is 3.05. The lowest BCUT2D eigenvalue weighted by molar-refractivity contribution is 0.416. The highest BCUT2D eigenvalue weighted by atomic mass is 32.1. The van der Waals surface area contributed by atoms with Crippen molar-refractivity contribution in [1.29, 1.82) is 0 Å². The van der Waals surface area contributed by atoms with Crippen LogP contribution >= 0.6 is 12.2 Å². The predicted molar refractivity (Wildman–Crippen MR) is 93.2 cm³/mol. The van der Waals surface area contributed by atoms with Crippen molar-refractivity contribution >= 4 is 24.4 Å². The fraction of sp³-hybridized carbons (Fsp3) is 0.0588. The van der Waals surface area contributed by atoms with Crippen LogP contribution in [0.3, 0.4) is 0 Å². The van der Waals surface area contributed by atoms with Gasteiger partial charge >= 0.3 is 0 Å². The molecule has 3 aromatic rings. The molecule has 0 aliphatic carbocycles. The number of nitrogens with zero attached hydrogens (tertiary/aromatic N) is 2. The highest BCUT2D eigenvalue weighted by molar-refractivity contribution is 7.71. The van der Waals surface area contributed by atoms with Crippen LogP contribution in [0.15, 0.2) is 53.5 Å². The van der Waals surface area contributed by atoms with Gasteiger partial charge in [-0.2, -0.15) is 0 Å². The molecule has 0 atom stereocenters. The second kappa shape index (κ2) is 6.10. The maximum Gasteiger partial charge on any atom is 0.270 e. The van der Waals surface area contributed by atoms with Gasteiger partial charge in [-0.25, -0.2) is 0 Å². The second-order valence-electron chi connectivity index (χ2n) is 5.01. The minimum atomic E-state index is -0.361. The molecule has 23 heavy (non-hydrogen) atoms. The van der Waals surface area contributed by atoms with Gasteiger partial charge in [-0.15, -0.1) is 0 Å². The Morgan fingerprint density at radius 2 is 1.87 bits per heavy atom. The standard InChI is InChI=1S/C17H15N3O2S/c1-19-15(21)14(10-9-12-6-5-11-18-12)16(22)20(17(19)23)13-7-3-2-4-8-13/h2-11,18,21H,1H3. The van der Waals surface area contributed by atoms with E-state index in [1.54, 1.807) is 37.5 Å². The molecule has 1 aromatic carbocycles.